The Morgan fingerprint density at radius 2 is 1.67 bits per heavy atom. The summed E-state index contributed by atoms with van der Waals surface area (Å²) in [5.41, 5.74) is 7.83. The number of primary amides is 1. The summed E-state index contributed by atoms with van der Waals surface area (Å²) in [7, 11) is 0. The lowest BCUT2D eigenvalue weighted by molar-refractivity contribution is 0.1000. The number of benzene rings is 2. The van der Waals surface area contributed by atoms with E-state index in [1.807, 2.05) is 18.2 Å². The third kappa shape index (κ3) is 5.09. The molecular weight excluding hydrogens is 340 g/mol. The number of amides is 2. The molecule has 142 valence electrons. The van der Waals surface area contributed by atoms with Crippen molar-refractivity contribution in [2.45, 2.75) is 45.6 Å². The molecule has 3 N–H and O–H groups in total. The zero-order chi connectivity index (χ0) is 19.4. The fourth-order valence-electron chi connectivity index (χ4n) is 3.44. The summed E-state index contributed by atoms with van der Waals surface area (Å²) in [5.74, 6) is -0.00934. The molecule has 0 spiro atoms. The van der Waals surface area contributed by atoms with Crippen molar-refractivity contribution >= 4 is 12.0 Å². The molecular formula is C22H26N2O3. The van der Waals surface area contributed by atoms with Gasteiger partial charge >= 0.3 is 6.09 Å². The van der Waals surface area contributed by atoms with Crippen molar-refractivity contribution < 1.29 is 14.3 Å². The summed E-state index contributed by atoms with van der Waals surface area (Å²) in [5, 5.41) is 2.97. The molecule has 27 heavy (non-hydrogen) atoms. The van der Waals surface area contributed by atoms with E-state index in [0.717, 1.165) is 36.8 Å². The van der Waals surface area contributed by atoms with Crippen molar-refractivity contribution in [3.8, 4) is 16.9 Å². The lowest BCUT2D eigenvalue weighted by Crippen LogP contribution is -2.40. The first-order valence-electron chi connectivity index (χ1n) is 9.31. The molecule has 3 rings (SSSR count). The van der Waals surface area contributed by atoms with Gasteiger partial charge in [0.1, 0.15) is 5.75 Å². The number of hydrogen-bond donors (Lipinski definition) is 2. The van der Waals surface area contributed by atoms with Crippen molar-refractivity contribution in [3.05, 3.63) is 54.1 Å². The van der Waals surface area contributed by atoms with Crippen LogP contribution >= 0.6 is 0 Å². The molecule has 0 aliphatic heterocycles. The van der Waals surface area contributed by atoms with E-state index in [-0.39, 0.29) is 6.04 Å². The van der Waals surface area contributed by atoms with Gasteiger partial charge in [0.2, 0.25) is 5.91 Å². The van der Waals surface area contributed by atoms with Gasteiger partial charge in [0.05, 0.1) is 0 Å². The largest absolute Gasteiger partial charge is 0.412 e. The van der Waals surface area contributed by atoms with Crippen molar-refractivity contribution in [1.82, 2.24) is 5.32 Å². The average Bonchev–Trinajstić information content (AvgIpc) is 2.64. The Balaban J connectivity index is 1.65. The fourth-order valence-corrected chi connectivity index (χ4v) is 3.44. The highest BCUT2D eigenvalue weighted by Gasteiger charge is 2.27. The van der Waals surface area contributed by atoms with E-state index < -0.39 is 12.0 Å². The zero-order valence-corrected chi connectivity index (χ0v) is 15.8. The molecule has 0 aromatic heterocycles. The van der Waals surface area contributed by atoms with Crippen molar-refractivity contribution in [1.29, 1.82) is 0 Å². The summed E-state index contributed by atoms with van der Waals surface area (Å²) in [4.78, 5) is 23.6. The van der Waals surface area contributed by atoms with Crippen LogP contribution in [0.3, 0.4) is 0 Å². The Morgan fingerprint density at radius 1 is 1.04 bits per heavy atom. The summed E-state index contributed by atoms with van der Waals surface area (Å²) < 4.78 is 5.47. The van der Waals surface area contributed by atoms with Crippen LogP contribution in [0.15, 0.2) is 48.5 Å². The lowest BCUT2D eigenvalue weighted by Gasteiger charge is -2.34. The Bertz CT molecular complexity index is 835. The molecule has 2 aromatic rings. The van der Waals surface area contributed by atoms with Gasteiger partial charge in [0.25, 0.3) is 0 Å². The first-order chi connectivity index (χ1) is 12.8. The normalized spacial score (nSPS) is 16.5. The second-order valence-electron chi connectivity index (χ2n) is 7.95. The topological polar surface area (TPSA) is 81.4 Å². The van der Waals surface area contributed by atoms with Gasteiger partial charge in [-0.3, -0.25) is 4.79 Å². The summed E-state index contributed by atoms with van der Waals surface area (Å²) in [6, 6.07) is 14.5. The maximum absolute atomic E-state index is 12.2. The second-order valence-corrected chi connectivity index (χ2v) is 7.95. The van der Waals surface area contributed by atoms with E-state index in [1.54, 1.807) is 30.3 Å². The van der Waals surface area contributed by atoms with Crippen LogP contribution in [-0.4, -0.2) is 18.0 Å². The van der Waals surface area contributed by atoms with E-state index in [0.29, 0.717) is 16.7 Å². The van der Waals surface area contributed by atoms with Gasteiger partial charge < -0.3 is 15.8 Å². The number of nitrogens with one attached hydrogen (secondary N) is 1. The SMILES string of the molecule is CC1(C)CCC(NC(=O)Oc2cccc(-c3cccc(C(N)=O)c3)c2)CC1. The fraction of sp³-hybridized carbons (Fsp3) is 0.364. The lowest BCUT2D eigenvalue weighted by atomic mass is 9.76. The van der Waals surface area contributed by atoms with Crippen LogP contribution < -0.4 is 15.8 Å². The van der Waals surface area contributed by atoms with E-state index in [9.17, 15) is 9.59 Å². The first kappa shape index (κ1) is 19.0. The smallest absolute Gasteiger partial charge is 0.410 e. The Labute approximate surface area is 159 Å². The van der Waals surface area contributed by atoms with Gasteiger partial charge in [-0.25, -0.2) is 4.79 Å². The third-order valence-electron chi connectivity index (χ3n) is 5.19. The van der Waals surface area contributed by atoms with Crippen molar-refractivity contribution in [2.75, 3.05) is 0 Å². The van der Waals surface area contributed by atoms with Gasteiger partial charge in [0.15, 0.2) is 0 Å². The molecule has 5 heteroatoms. The number of hydrogen-bond acceptors (Lipinski definition) is 3. The molecule has 1 aliphatic rings. The Hall–Kier alpha value is -2.82. The standard InChI is InChI=1S/C22H26N2O3/c1-22(2)11-9-18(10-12-22)24-21(26)27-19-8-4-6-16(14-19)15-5-3-7-17(13-15)20(23)25/h3-8,13-14,18H,9-12H2,1-2H3,(H2,23,25)(H,24,26). The average molecular weight is 366 g/mol. The molecule has 0 unspecified atom stereocenters. The molecule has 0 radical (unpaired) electrons. The maximum atomic E-state index is 12.2. The molecule has 2 aromatic carbocycles. The molecule has 2 amide bonds. The number of ether oxygens (including phenoxy) is 1. The highest BCUT2D eigenvalue weighted by molar-refractivity contribution is 5.94. The Kier molecular flexibility index (Phi) is 5.49. The summed E-state index contributed by atoms with van der Waals surface area (Å²) in [6.07, 6.45) is 3.72. The molecule has 0 heterocycles. The van der Waals surface area contributed by atoms with Crippen LogP contribution in [-0.2, 0) is 0 Å². The van der Waals surface area contributed by atoms with Crippen molar-refractivity contribution in [2.24, 2.45) is 11.1 Å². The summed E-state index contributed by atoms with van der Waals surface area (Å²) >= 11 is 0. The first-order valence-corrected chi connectivity index (χ1v) is 9.31. The monoisotopic (exact) mass is 366 g/mol. The highest BCUT2D eigenvalue weighted by Crippen LogP contribution is 2.35. The molecule has 1 fully saturated rings. The van der Waals surface area contributed by atoms with Gasteiger partial charge in [0, 0.05) is 11.6 Å². The number of carbonyl (C=O) groups is 2. The Morgan fingerprint density at radius 3 is 2.33 bits per heavy atom. The minimum atomic E-state index is -0.473. The number of carbonyl (C=O) groups excluding carboxylic acids is 2. The minimum absolute atomic E-state index is 0.168. The minimum Gasteiger partial charge on any atom is -0.410 e. The highest BCUT2D eigenvalue weighted by atomic mass is 16.6. The van der Waals surface area contributed by atoms with Gasteiger partial charge in [-0.1, -0.05) is 38.1 Å². The van der Waals surface area contributed by atoms with Gasteiger partial charge in [-0.2, -0.15) is 0 Å². The molecule has 0 saturated heterocycles. The van der Waals surface area contributed by atoms with Crippen LogP contribution in [0.5, 0.6) is 5.75 Å². The number of nitrogens with two attached hydrogens (primary N) is 1. The van der Waals surface area contributed by atoms with E-state index >= 15 is 0 Å². The summed E-state index contributed by atoms with van der Waals surface area (Å²) in [6.45, 7) is 4.53. The van der Waals surface area contributed by atoms with E-state index in [2.05, 4.69) is 19.2 Å². The molecule has 0 bridgehead atoms. The van der Waals surface area contributed by atoms with Crippen LogP contribution in [0.25, 0.3) is 11.1 Å². The predicted octanol–water partition coefficient (Wildman–Crippen LogP) is 4.51. The second kappa shape index (κ2) is 7.82. The molecule has 0 atom stereocenters. The molecule has 5 nitrogen and oxygen atoms in total. The number of rotatable bonds is 4. The van der Waals surface area contributed by atoms with Crippen LogP contribution in [0.2, 0.25) is 0 Å². The van der Waals surface area contributed by atoms with Gasteiger partial charge in [-0.15, -0.1) is 0 Å². The quantitative estimate of drug-likeness (QED) is 0.835. The van der Waals surface area contributed by atoms with Gasteiger partial charge in [-0.05, 0) is 66.5 Å². The maximum Gasteiger partial charge on any atom is 0.412 e. The van der Waals surface area contributed by atoms with E-state index in [4.69, 9.17) is 10.5 Å². The molecule has 1 saturated carbocycles. The van der Waals surface area contributed by atoms with Crippen LogP contribution in [0.4, 0.5) is 4.79 Å². The third-order valence-corrected chi connectivity index (χ3v) is 5.19. The van der Waals surface area contributed by atoms with Crippen molar-refractivity contribution in [3.63, 3.8) is 0 Å². The predicted molar refractivity (Wildman–Crippen MR) is 106 cm³/mol. The van der Waals surface area contributed by atoms with E-state index in [1.165, 1.54) is 0 Å². The van der Waals surface area contributed by atoms with Crippen LogP contribution in [0.1, 0.15) is 49.9 Å². The molecule has 1 aliphatic carbocycles. The van der Waals surface area contributed by atoms with Crippen LogP contribution in [0, 0.1) is 5.41 Å². The zero-order valence-electron chi connectivity index (χ0n) is 15.8.